The van der Waals surface area contributed by atoms with E-state index in [0.717, 1.165) is 11.3 Å². The third-order valence-electron chi connectivity index (χ3n) is 3.97. The molecule has 1 aromatic carbocycles. The number of nitrogens with one attached hydrogen (secondary N) is 1. The lowest BCUT2D eigenvalue weighted by molar-refractivity contribution is -0.142. The van der Waals surface area contributed by atoms with Gasteiger partial charge >= 0.3 is 5.97 Å². The van der Waals surface area contributed by atoms with E-state index in [9.17, 15) is 4.79 Å². The van der Waals surface area contributed by atoms with Crippen LogP contribution in [-0.2, 0) is 9.53 Å². The van der Waals surface area contributed by atoms with Gasteiger partial charge in [-0.05, 0) is 30.5 Å². The van der Waals surface area contributed by atoms with Crippen molar-refractivity contribution in [2.45, 2.75) is 37.6 Å². The lowest BCUT2D eigenvalue weighted by atomic mass is 9.98. The summed E-state index contributed by atoms with van der Waals surface area (Å²) in [6.07, 6.45) is 4.97. The fourth-order valence-electron chi connectivity index (χ4n) is 2.73. The van der Waals surface area contributed by atoms with Crippen molar-refractivity contribution < 1.29 is 14.3 Å². The fourth-order valence-corrected chi connectivity index (χ4v) is 2.73. The summed E-state index contributed by atoms with van der Waals surface area (Å²) in [5.41, 5.74) is 0.961. The van der Waals surface area contributed by atoms with E-state index in [1.165, 1.54) is 32.8 Å². The molecule has 1 aliphatic rings. The molecule has 0 bridgehead atoms. The van der Waals surface area contributed by atoms with Gasteiger partial charge < -0.3 is 14.8 Å². The lowest BCUT2D eigenvalue weighted by Crippen LogP contribution is -2.33. The highest BCUT2D eigenvalue weighted by Gasteiger charge is 2.23. The molecule has 0 saturated heterocycles. The molecule has 110 valence electrons. The Balaban J connectivity index is 2.03. The number of hydrogen-bond donors (Lipinski definition) is 1. The Morgan fingerprint density at radius 2 is 1.90 bits per heavy atom. The summed E-state index contributed by atoms with van der Waals surface area (Å²) < 4.78 is 10.1. The molecule has 0 radical (unpaired) electrons. The fraction of sp³-hybridized carbons (Fsp3) is 0.562. The van der Waals surface area contributed by atoms with E-state index >= 15 is 0 Å². The molecular weight excluding hydrogens is 254 g/mol. The monoisotopic (exact) mass is 277 g/mol. The molecule has 0 heterocycles. The zero-order valence-electron chi connectivity index (χ0n) is 12.2. The largest absolute Gasteiger partial charge is 0.497 e. The van der Waals surface area contributed by atoms with E-state index < -0.39 is 0 Å². The highest BCUT2D eigenvalue weighted by Crippen LogP contribution is 2.22. The van der Waals surface area contributed by atoms with Crippen molar-refractivity contribution in [3.05, 3.63) is 29.8 Å². The first-order valence-electron chi connectivity index (χ1n) is 7.19. The van der Waals surface area contributed by atoms with Crippen LogP contribution in [0.5, 0.6) is 5.75 Å². The zero-order valence-corrected chi connectivity index (χ0v) is 12.2. The second-order valence-corrected chi connectivity index (χ2v) is 5.24. The summed E-state index contributed by atoms with van der Waals surface area (Å²) >= 11 is 0. The van der Waals surface area contributed by atoms with Gasteiger partial charge in [0, 0.05) is 12.6 Å². The Kier molecular flexibility index (Phi) is 5.41. The van der Waals surface area contributed by atoms with Gasteiger partial charge in [-0.25, -0.2) is 0 Å². The quantitative estimate of drug-likeness (QED) is 0.812. The summed E-state index contributed by atoms with van der Waals surface area (Å²) in [7, 11) is 3.07. The van der Waals surface area contributed by atoms with Crippen molar-refractivity contribution in [3.8, 4) is 5.75 Å². The zero-order chi connectivity index (χ0) is 14.4. The van der Waals surface area contributed by atoms with Crippen molar-refractivity contribution in [3.63, 3.8) is 0 Å². The van der Waals surface area contributed by atoms with E-state index in [0.29, 0.717) is 12.6 Å². The van der Waals surface area contributed by atoms with Gasteiger partial charge in [0.15, 0.2) is 0 Å². The molecule has 1 unspecified atom stereocenters. The van der Waals surface area contributed by atoms with Crippen LogP contribution in [0.25, 0.3) is 0 Å². The van der Waals surface area contributed by atoms with Gasteiger partial charge in [-0.2, -0.15) is 0 Å². The molecule has 4 heteroatoms. The summed E-state index contributed by atoms with van der Waals surface area (Å²) in [5.74, 6) is 0.341. The third kappa shape index (κ3) is 3.73. The average Bonchev–Trinajstić information content (AvgIpc) is 3.01. The van der Waals surface area contributed by atoms with Crippen LogP contribution in [-0.4, -0.2) is 32.8 Å². The highest BCUT2D eigenvalue weighted by molar-refractivity contribution is 5.78. The Morgan fingerprint density at radius 3 is 2.45 bits per heavy atom. The molecule has 1 atom stereocenters. The van der Waals surface area contributed by atoms with Crippen LogP contribution in [0, 0.1) is 0 Å². The predicted molar refractivity (Wildman–Crippen MR) is 78.0 cm³/mol. The predicted octanol–water partition coefficient (Wildman–Crippen LogP) is 2.48. The van der Waals surface area contributed by atoms with Crippen molar-refractivity contribution in [2.75, 3.05) is 20.8 Å². The maximum atomic E-state index is 12.0. The standard InChI is InChI=1S/C16H23NO3/c1-19-14-9-7-12(8-10-14)15(16(18)20-2)11-17-13-5-3-4-6-13/h7-10,13,15,17H,3-6,11H2,1-2H3. The van der Waals surface area contributed by atoms with Gasteiger partial charge in [0.25, 0.3) is 0 Å². The van der Waals surface area contributed by atoms with Crippen LogP contribution in [0.3, 0.4) is 0 Å². The van der Waals surface area contributed by atoms with Crippen LogP contribution < -0.4 is 10.1 Å². The Bertz CT molecular complexity index is 424. The third-order valence-corrected chi connectivity index (χ3v) is 3.97. The summed E-state index contributed by atoms with van der Waals surface area (Å²) in [6, 6.07) is 8.15. The van der Waals surface area contributed by atoms with Gasteiger partial charge in [0.05, 0.1) is 20.1 Å². The van der Waals surface area contributed by atoms with Gasteiger partial charge in [0.2, 0.25) is 0 Å². The molecule has 0 amide bonds. The molecule has 0 aliphatic heterocycles. The average molecular weight is 277 g/mol. The molecule has 1 aliphatic carbocycles. The molecule has 1 aromatic rings. The van der Waals surface area contributed by atoms with Crippen molar-refractivity contribution in [2.24, 2.45) is 0 Å². The number of rotatable bonds is 6. The normalized spacial score (nSPS) is 16.9. The molecule has 1 fully saturated rings. The topological polar surface area (TPSA) is 47.6 Å². The maximum absolute atomic E-state index is 12.0. The Labute approximate surface area is 120 Å². The number of methoxy groups -OCH3 is 2. The summed E-state index contributed by atoms with van der Waals surface area (Å²) in [5, 5.41) is 3.49. The number of esters is 1. The molecule has 20 heavy (non-hydrogen) atoms. The number of benzene rings is 1. The SMILES string of the molecule is COC(=O)C(CNC1CCCC1)c1ccc(OC)cc1. The van der Waals surface area contributed by atoms with E-state index in [4.69, 9.17) is 9.47 Å². The van der Waals surface area contributed by atoms with E-state index in [2.05, 4.69) is 5.32 Å². The van der Waals surface area contributed by atoms with Crippen LogP contribution in [0.4, 0.5) is 0 Å². The lowest BCUT2D eigenvalue weighted by Gasteiger charge is -2.19. The van der Waals surface area contributed by atoms with Crippen LogP contribution in [0.2, 0.25) is 0 Å². The van der Waals surface area contributed by atoms with E-state index in [-0.39, 0.29) is 11.9 Å². The number of hydrogen-bond acceptors (Lipinski definition) is 4. The van der Waals surface area contributed by atoms with Gasteiger partial charge in [-0.3, -0.25) is 4.79 Å². The Hall–Kier alpha value is -1.55. The molecule has 4 nitrogen and oxygen atoms in total. The van der Waals surface area contributed by atoms with Crippen molar-refractivity contribution >= 4 is 5.97 Å². The molecule has 2 rings (SSSR count). The van der Waals surface area contributed by atoms with Crippen molar-refractivity contribution in [1.82, 2.24) is 5.32 Å². The first-order valence-corrected chi connectivity index (χ1v) is 7.19. The minimum atomic E-state index is -0.258. The van der Waals surface area contributed by atoms with Crippen LogP contribution in [0.15, 0.2) is 24.3 Å². The molecule has 1 saturated carbocycles. The molecule has 0 spiro atoms. The van der Waals surface area contributed by atoms with Crippen molar-refractivity contribution in [1.29, 1.82) is 0 Å². The second-order valence-electron chi connectivity index (χ2n) is 5.24. The minimum Gasteiger partial charge on any atom is -0.497 e. The van der Waals surface area contributed by atoms with E-state index in [1.54, 1.807) is 7.11 Å². The van der Waals surface area contributed by atoms with E-state index in [1.807, 2.05) is 24.3 Å². The summed E-state index contributed by atoms with van der Waals surface area (Å²) in [4.78, 5) is 12.0. The highest BCUT2D eigenvalue weighted by atomic mass is 16.5. The van der Waals surface area contributed by atoms with Crippen LogP contribution >= 0.6 is 0 Å². The van der Waals surface area contributed by atoms with Gasteiger partial charge in [-0.15, -0.1) is 0 Å². The number of ether oxygens (including phenoxy) is 2. The Morgan fingerprint density at radius 1 is 1.25 bits per heavy atom. The smallest absolute Gasteiger partial charge is 0.314 e. The first-order chi connectivity index (χ1) is 9.74. The first kappa shape index (κ1) is 14.9. The molecule has 0 aromatic heterocycles. The minimum absolute atomic E-state index is 0.194. The molecule has 1 N–H and O–H groups in total. The van der Waals surface area contributed by atoms with Gasteiger partial charge in [-0.1, -0.05) is 25.0 Å². The number of carbonyl (C=O) groups is 1. The molecular formula is C16H23NO3. The van der Waals surface area contributed by atoms with Gasteiger partial charge in [0.1, 0.15) is 5.75 Å². The second kappa shape index (κ2) is 7.29. The summed E-state index contributed by atoms with van der Waals surface area (Å²) in [6.45, 7) is 0.629. The number of carbonyl (C=O) groups excluding carboxylic acids is 1. The maximum Gasteiger partial charge on any atom is 0.314 e. The van der Waals surface area contributed by atoms with Crippen LogP contribution in [0.1, 0.15) is 37.2 Å².